The van der Waals surface area contributed by atoms with E-state index in [0.717, 1.165) is 6.54 Å². The molecule has 0 bridgehead atoms. The van der Waals surface area contributed by atoms with Gasteiger partial charge in [-0.3, -0.25) is 4.90 Å². The molecule has 18 heavy (non-hydrogen) atoms. The molecule has 0 spiro atoms. The molecule has 0 radical (unpaired) electrons. The molecule has 1 aromatic rings. The maximum absolute atomic E-state index is 3.35. The summed E-state index contributed by atoms with van der Waals surface area (Å²) in [4.78, 5) is 2.72. The van der Waals surface area contributed by atoms with Crippen molar-refractivity contribution in [2.45, 2.75) is 44.7 Å². The molecule has 100 valence electrons. The number of likely N-dealkylation sites (tertiary alicyclic amines) is 1. The molecule has 2 atom stereocenters. The normalized spacial score (nSPS) is 22.2. The van der Waals surface area contributed by atoms with E-state index in [2.05, 4.69) is 54.5 Å². The number of hydrogen-bond acceptors (Lipinski definition) is 2. The van der Waals surface area contributed by atoms with E-state index in [1.807, 2.05) is 0 Å². The van der Waals surface area contributed by atoms with Gasteiger partial charge in [-0.05, 0) is 38.4 Å². The minimum atomic E-state index is 0.608. The highest BCUT2D eigenvalue weighted by atomic mass is 15.2. The van der Waals surface area contributed by atoms with Crippen LogP contribution in [0.25, 0.3) is 0 Å². The summed E-state index contributed by atoms with van der Waals surface area (Å²) in [7, 11) is 2.06. The van der Waals surface area contributed by atoms with Crippen molar-refractivity contribution in [2.24, 2.45) is 0 Å². The fraction of sp³-hybridized carbons (Fsp3) is 0.625. The lowest BCUT2D eigenvalue weighted by molar-refractivity contribution is 0.169. The summed E-state index contributed by atoms with van der Waals surface area (Å²) in [6.07, 6.45) is 5.21. The standard InChI is InChI=1S/C16H26N2/c1-3-8-16(14-9-5-4-6-10-14)18-12-7-11-15(18)13-17-2/h4-6,9-10,15-17H,3,7-8,11-13H2,1-2H3. The fourth-order valence-electron chi connectivity index (χ4n) is 3.20. The molecule has 1 aliphatic heterocycles. The van der Waals surface area contributed by atoms with Gasteiger partial charge in [0.15, 0.2) is 0 Å². The molecular weight excluding hydrogens is 220 g/mol. The molecule has 0 saturated carbocycles. The Hall–Kier alpha value is -0.860. The summed E-state index contributed by atoms with van der Waals surface area (Å²) in [5.41, 5.74) is 1.49. The summed E-state index contributed by atoms with van der Waals surface area (Å²) >= 11 is 0. The Labute approximate surface area is 111 Å². The topological polar surface area (TPSA) is 15.3 Å². The Balaban J connectivity index is 2.14. The van der Waals surface area contributed by atoms with Crippen LogP contribution in [0.4, 0.5) is 0 Å². The van der Waals surface area contributed by atoms with E-state index < -0.39 is 0 Å². The van der Waals surface area contributed by atoms with Crippen LogP contribution in [-0.2, 0) is 0 Å². The summed E-state index contributed by atoms with van der Waals surface area (Å²) in [6, 6.07) is 12.3. The average molecular weight is 246 g/mol. The molecule has 1 aliphatic rings. The molecule has 1 aromatic carbocycles. The van der Waals surface area contributed by atoms with Gasteiger partial charge in [0, 0.05) is 18.6 Å². The molecule has 1 heterocycles. The van der Waals surface area contributed by atoms with Gasteiger partial charge in [-0.2, -0.15) is 0 Å². The van der Waals surface area contributed by atoms with E-state index in [0.29, 0.717) is 12.1 Å². The number of nitrogens with zero attached hydrogens (tertiary/aromatic N) is 1. The first-order chi connectivity index (χ1) is 8.86. The number of rotatable bonds is 6. The third kappa shape index (κ3) is 3.12. The van der Waals surface area contributed by atoms with E-state index in [1.165, 1.54) is 37.8 Å². The zero-order valence-corrected chi connectivity index (χ0v) is 11.7. The van der Waals surface area contributed by atoms with Crippen LogP contribution < -0.4 is 5.32 Å². The Bertz CT molecular complexity index is 336. The lowest BCUT2D eigenvalue weighted by Crippen LogP contribution is -2.39. The van der Waals surface area contributed by atoms with Gasteiger partial charge in [0.05, 0.1) is 0 Å². The van der Waals surface area contributed by atoms with Crippen molar-refractivity contribution in [3.8, 4) is 0 Å². The van der Waals surface area contributed by atoms with Crippen molar-refractivity contribution in [3.05, 3.63) is 35.9 Å². The lowest BCUT2D eigenvalue weighted by atomic mass is 10.00. The largest absolute Gasteiger partial charge is 0.318 e. The molecule has 2 nitrogen and oxygen atoms in total. The number of hydrogen-bond donors (Lipinski definition) is 1. The van der Waals surface area contributed by atoms with E-state index in [1.54, 1.807) is 0 Å². The SMILES string of the molecule is CCCC(c1ccccc1)N1CCCC1CNC. The summed E-state index contributed by atoms with van der Waals surface area (Å²) in [5.74, 6) is 0. The maximum Gasteiger partial charge on any atom is 0.0351 e. The van der Waals surface area contributed by atoms with Crippen molar-refractivity contribution in [1.29, 1.82) is 0 Å². The third-order valence-electron chi connectivity index (χ3n) is 4.01. The van der Waals surface area contributed by atoms with Crippen molar-refractivity contribution in [3.63, 3.8) is 0 Å². The average Bonchev–Trinajstić information content (AvgIpc) is 2.85. The van der Waals surface area contributed by atoms with Crippen molar-refractivity contribution < 1.29 is 0 Å². The monoisotopic (exact) mass is 246 g/mol. The van der Waals surface area contributed by atoms with Crippen molar-refractivity contribution in [1.82, 2.24) is 10.2 Å². The second-order valence-corrected chi connectivity index (χ2v) is 5.31. The summed E-state index contributed by atoms with van der Waals surface area (Å²) in [6.45, 7) is 4.66. The highest BCUT2D eigenvalue weighted by molar-refractivity contribution is 5.19. The molecular formula is C16H26N2. The van der Waals surface area contributed by atoms with Crippen molar-refractivity contribution >= 4 is 0 Å². The molecule has 2 heteroatoms. The van der Waals surface area contributed by atoms with E-state index in [4.69, 9.17) is 0 Å². The van der Waals surface area contributed by atoms with Gasteiger partial charge >= 0.3 is 0 Å². The minimum Gasteiger partial charge on any atom is -0.318 e. The van der Waals surface area contributed by atoms with E-state index >= 15 is 0 Å². The Kier molecular flexibility index (Phi) is 5.21. The Morgan fingerprint density at radius 3 is 2.78 bits per heavy atom. The first-order valence-corrected chi connectivity index (χ1v) is 7.32. The quantitative estimate of drug-likeness (QED) is 0.829. The zero-order chi connectivity index (χ0) is 12.8. The smallest absolute Gasteiger partial charge is 0.0351 e. The van der Waals surface area contributed by atoms with Crippen LogP contribution in [0.2, 0.25) is 0 Å². The van der Waals surface area contributed by atoms with E-state index in [-0.39, 0.29) is 0 Å². The number of benzene rings is 1. The van der Waals surface area contributed by atoms with Crippen LogP contribution in [0, 0.1) is 0 Å². The zero-order valence-electron chi connectivity index (χ0n) is 11.7. The van der Waals surface area contributed by atoms with E-state index in [9.17, 15) is 0 Å². The van der Waals surface area contributed by atoms with Gasteiger partial charge in [0.25, 0.3) is 0 Å². The van der Waals surface area contributed by atoms with Crippen LogP contribution >= 0.6 is 0 Å². The predicted octanol–water partition coefficient (Wildman–Crippen LogP) is 3.21. The molecule has 0 aliphatic carbocycles. The molecule has 1 N–H and O–H groups in total. The Morgan fingerprint density at radius 1 is 1.33 bits per heavy atom. The molecule has 2 unspecified atom stereocenters. The van der Waals surface area contributed by atoms with Crippen LogP contribution in [0.3, 0.4) is 0 Å². The van der Waals surface area contributed by atoms with Gasteiger partial charge in [0.1, 0.15) is 0 Å². The maximum atomic E-state index is 3.35. The number of likely N-dealkylation sites (N-methyl/N-ethyl adjacent to an activating group) is 1. The van der Waals surface area contributed by atoms with Crippen LogP contribution in [0.1, 0.15) is 44.2 Å². The van der Waals surface area contributed by atoms with Gasteiger partial charge in [0.2, 0.25) is 0 Å². The van der Waals surface area contributed by atoms with Crippen molar-refractivity contribution in [2.75, 3.05) is 20.1 Å². The lowest BCUT2D eigenvalue weighted by Gasteiger charge is -2.33. The molecule has 0 amide bonds. The third-order valence-corrected chi connectivity index (χ3v) is 4.01. The predicted molar refractivity (Wildman–Crippen MR) is 77.7 cm³/mol. The molecule has 2 rings (SSSR count). The molecule has 1 fully saturated rings. The molecule has 1 saturated heterocycles. The highest BCUT2D eigenvalue weighted by Gasteiger charge is 2.30. The van der Waals surface area contributed by atoms with Gasteiger partial charge in [-0.1, -0.05) is 43.7 Å². The minimum absolute atomic E-state index is 0.608. The van der Waals surface area contributed by atoms with Gasteiger partial charge < -0.3 is 5.32 Å². The molecule has 0 aromatic heterocycles. The van der Waals surface area contributed by atoms with Crippen LogP contribution in [-0.4, -0.2) is 31.1 Å². The van der Waals surface area contributed by atoms with Gasteiger partial charge in [-0.25, -0.2) is 0 Å². The fourth-order valence-corrected chi connectivity index (χ4v) is 3.20. The summed E-state index contributed by atoms with van der Waals surface area (Å²) in [5, 5.41) is 3.35. The second-order valence-electron chi connectivity index (χ2n) is 5.31. The van der Waals surface area contributed by atoms with Crippen LogP contribution in [0.5, 0.6) is 0 Å². The van der Waals surface area contributed by atoms with Gasteiger partial charge in [-0.15, -0.1) is 0 Å². The summed E-state index contributed by atoms with van der Waals surface area (Å²) < 4.78 is 0. The Morgan fingerprint density at radius 2 is 2.11 bits per heavy atom. The first kappa shape index (κ1) is 13.6. The van der Waals surface area contributed by atoms with Crippen LogP contribution in [0.15, 0.2) is 30.3 Å². The first-order valence-electron chi connectivity index (χ1n) is 7.32. The highest BCUT2D eigenvalue weighted by Crippen LogP contribution is 2.32. The second kappa shape index (κ2) is 6.91. The number of nitrogens with one attached hydrogen (secondary N) is 1.